The Kier molecular flexibility index (Phi) is 5.76. The Morgan fingerprint density at radius 3 is 2.60 bits per heavy atom. The number of fused-ring (bicyclic) bond motifs is 1. The van der Waals surface area contributed by atoms with Crippen LogP contribution in [0.2, 0.25) is 0 Å². The highest BCUT2D eigenvalue weighted by Crippen LogP contribution is 2.29. The number of rotatable bonds is 6. The molecule has 0 bridgehead atoms. The molecule has 0 atom stereocenters. The van der Waals surface area contributed by atoms with Crippen molar-refractivity contribution in [3.05, 3.63) is 71.0 Å². The minimum absolute atomic E-state index is 0.0280. The number of carbonyl (C=O) groups is 1. The van der Waals surface area contributed by atoms with Gasteiger partial charge in [0.05, 0.1) is 5.57 Å². The average molecular weight is 422 g/mol. The second-order valence-electron chi connectivity index (χ2n) is 6.75. The van der Waals surface area contributed by atoms with Crippen LogP contribution >= 0.6 is 11.8 Å². The third-order valence-corrected chi connectivity index (χ3v) is 5.44. The molecule has 0 fully saturated rings. The van der Waals surface area contributed by atoms with Crippen LogP contribution in [0.25, 0.3) is 6.08 Å². The normalized spacial score (nSPS) is 17.1. The first-order chi connectivity index (χ1) is 14.5. The lowest BCUT2D eigenvalue weighted by Crippen LogP contribution is -2.35. The average Bonchev–Trinajstić information content (AvgIpc) is 3.14. The molecule has 0 saturated heterocycles. The molecule has 2 aromatic rings. The maximum atomic E-state index is 13.0. The molecular weight excluding hydrogens is 403 g/mol. The largest absolute Gasteiger partial charge is 0.489 e. The Balaban J connectivity index is 1.46. The van der Waals surface area contributed by atoms with Crippen LogP contribution in [0.15, 0.2) is 64.2 Å². The lowest BCUT2D eigenvalue weighted by Gasteiger charge is -2.20. The Morgan fingerprint density at radius 1 is 1.17 bits per heavy atom. The van der Waals surface area contributed by atoms with E-state index in [1.54, 1.807) is 42.5 Å². The Bertz CT molecular complexity index is 1080. The first-order valence-electron chi connectivity index (χ1n) is 9.50. The van der Waals surface area contributed by atoms with Gasteiger partial charge in [-0.15, -0.1) is 0 Å². The van der Waals surface area contributed by atoms with Gasteiger partial charge in [0, 0.05) is 0 Å². The Labute approximate surface area is 177 Å². The van der Waals surface area contributed by atoms with Crippen LogP contribution < -0.4 is 4.74 Å². The molecule has 0 aliphatic carbocycles. The van der Waals surface area contributed by atoms with Gasteiger partial charge in [0.15, 0.2) is 5.84 Å². The van der Waals surface area contributed by atoms with Crippen LogP contribution in [0, 0.1) is 11.2 Å². The molecule has 152 valence electrons. The number of aliphatic imine (C=N–C) groups is 1. The summed E-state index contributed by atoms with van der Waals surface area (Å²) in [4.78, 5) is 16.5. The Hall–Kier alpha value is -3.26. The monoisotopic (exact) mass is 422 g/mol. The van der Waals surface area contributed by atoms with Gasteiger partial charge in [-0.05, 0) is 66.1 Å². The molecule has 2 aromatic carbocycles. The molecule has 2 aliphatic heterocycles. The summed E-state index contributed by atoms with van der Waals surface area (Å²) in [5.74, 6) is -0.0459. The molecule has 0 spiro atoms. The van der Waals surface area contributed by atoms with Gasteiger partial charge in [-0.25, -0.2) is 4.39 Å². The van der Waals surface area contributed by atoms with E-state index in [2.05, 4.69) is 17.0 Å². The maximum Gasteiger partial charge on any atom is 0.283 e. The summed E-state index contributed by atoms with van der Waals surface area (Å²) in [6.45, 7) is 2.38. The topological polar surface area (TPSA) is 78.1 Å². The minimum Gasteiger partial charge on any atom is -0.489 e. The molecule has 0 aromatic heterocycles. The molecule has 0 unspecified atom stereocenters. The van der Waals surface area contributed by atoms with Crippen molar-refractivity contribution in [2.24, 2.45) is 10.1 Å². The molecule has 4 rings (SSSR count). The number of amidine groups is 2. The molecule has 2 heterocycles. The number of halogens is 1. The predicted octanol–water partition coefficient (Wildman–Crippen LogP) is 4.82. The molecule has 1 N–H and O–H groups in total. The van der Waals surface area contributed by atoms with Crippen LogP contribution in [0.4, 0.5) is 4.39 Å². The van der Waals surface area contributed by atoms with Crippen LogP contribution in [0.5, 0.6) is 5.75 Å². The number of carbonyl (C=O) groups excluding carboxylic acids is 1. The van der Waals surface area contributed by atoms with Crippen molar-refractivity contribution in [2.45, 2.75) is 26.4 Å². The molecule has 6 nitrogen and oxygen atoms in total. The van der Waals surface area contributed by atoms with Gasteiger partial charge in [-0.2, -0.15) is 15.1 Å². The zero-order valence-electron chi connectivity index (χ0n) is 16.3. The van der Waals surface area contributed by atoms with E-state index in [1.165, 1.54) is 28.9 Å². The number of hydrogen-bond acceptors (Lipinski definition) is 5. The number of hydrogen-bond donors (Lipinski definition) is 1. The molecule has 8 heteroatoms. The van der Waals surface area contributed by atoms with E-state index in [9.17, 15) is 9.18 Å². The number of nitrogens with one attached hydrogen (secondary N) is 1. The van der Waals surface area contributed by atoms with Gasteiger partial charge in [0.25, 0.3) is 5.91 Å². The molecule has 0 saturated carbocycles. The van der Waals surface area contributed by atoms with Crippen molar-refractivity contribution < 1.29 is 13.9 Å². The van der Waals surface area contributed by atoms with Gasteiger partial charge in [0.1, 0.15) is 23.2 Å². The Morgan fingerprint density at radius 2 is 1.90 bits per heavy atom. The number of thioether (sulfide) groups is 1. The number of hydrazone groups is 1. The summed E-state index contributed by atoms with van der Waals surface area (Å²) in [6.07, 6.45) is 3.36. The summed E-state index contributed by atoms with van der Waals surface area (Å²) in [5, 5.41) is 15.5. The predicted molar refractivity (Wildman–Crippen MR) is 117 cm³/mol. The van der Waals surface area contributed by atoms with Crippen LogP contribution in [0.3, 0.4) is 0 Å². The summed E-state index contributed by atoms with van der Waals surface area (Å²) in [6, 6.07) is 13.3. The number of ether oxygens (including phenoxy) is 1. The van der Waals surface area contributed by atoms with Crippen molar-refractivity contribution in [3.8, 4) is 5.75 Å². The van der Waals surface area contributed by atoms with Gasteiger partial charge in [-0.3, -0.25) is 10.2 Å². The zero-order valence-corrected chi connectivity index (χ0v) is 17.1. The van der Waals surface area contributed by atoms with Crippen molar-refractivity contribution >= 4 is 39.8 Å². The molecule has 2 aliphatic rings. The summed E-state index contributed by atoms with van der Waals surface area (Å²) >= 11 is 1.34. The van der Waals surface area contributed by atoms with Crippen molar-refractivity contribution in [2.75, 3.05) is 0 Å². The van der Waals surface area contributed by atoms with Crippen LogP contribution in [0.1, 0.15) is 30.9 Å². The van der Waals surface area contributed by atoms with Crippen molar-refractivity contribution in [1.82, 2.24) is 5.01 Å². The van der Waals surface area contributed by atoms with Gasteiger partial charge >= 0.3 is 0 Å². The van der Waals surface area contributed by atoms with E-state index >= 15 is 0 Å². The minimum atomic E-state index is -0.441. The first kappa shape index (κ1) is 20.0. The van der Waals surface area contributed by atoms with Crippen molar-refractivity contribution in [3.63, 3.8) is 0 Å². The highest BCUT2D eigenvalue weighted by Gasteiger charge is 2.35. The summed E-state index contributed by atoms with van der Waals surface area (Å²) < 4.78 is 18.7. The van der Waals surface area contributed by atoms with Crippen molar-refractivity contribution in [1.29, 1.82) is 5.41 Å². The van der Waals surface area contributed by atoms with Crippen LogP contribution in [-0.2, 0) is 11.4 Å². The van der Waals surface area contributed by atoms with Gasteiger partial charge in [-0.1, -0.05) is 31.2 Å². The standard InChI is InChI=1S/C22H19FN4O2S/c1-2-3-19-26-27-20(24)18(21(28)25-22(27)30-19)12-14-6-10-17(11-7-14)29-13-15-4-8-16(23)9-5-15/h4-12,24H,2-3,13H2,1H3. The van der Waals surface area contributed by atoms with Gasteiger partial charge in [0.2, 0.25) is 5.17 Å². The quantitative estimate of drug-likeness (QED) is 0.677. The van der Waals surface area contributed by atoms with E-state index < -0.39 is 5.91 Å². The smallest absolute Gasteiger partial charge is 0.283 e. The number of nitrogens with zero attached hydrogens (tertiary/aromatic N) is 3. The number of amides is 1. The second-order valence-corrected chi connectivity index (χ2v) is 7.79. The van der Waals surface area contributed by atoms with E-state index in [1.807, 2.05) is 0 Å². The SMILES string of the molecule is CCCC1=NN2C(=N)C(=Cc3ccc(OCc4ccc(F)cc4)cc3)C(=O)N=C2S1. The highest BCUT2D eigenvalue weighted by atomic mass is 32.2. The lowest BCUT2D eigenvalue weighted by molar-refractivity contribution is -0.114. The first-order valence-corrected chi connectivity index (χ1v) is 10.3. The third kappa shape index (κ3) is 4.33. The van der Waals surface area contributed by atoms with E-state index in [-0.39, 0.29) is 17.2 Å². The zero-order chi connectivity index (χ0) is 21.1. The third-order valence-electron chi connectivity index (χ3n) is 4.47. The van der Waals surface area contributed by atoms with E-state index in [0.29, 0.717) is 17.5 Å². The number of benzene rings is 2. The molecule has 1 amide bonds. The summed E-state index contributed by atoms with van der Waals surface area (Å²) in [5.41, 5.74) is 1.81. The van der Waals surface area contributed by atoms with E-state index in [0.717, 1.165) is 29.0 Å². The van der Waals surface area contributed by atoms with Gasteiger partial charge < -0.3 is 4.74 Å². The van der Waals surface area contributed by atoms with E-state index in [4.69, 9.17) is 10.1 Å². The maximum absolute atomic E-state index is 13.0. The second kappa shape index (κ2) is 8.62. The fourth-order valence-corrected chi connectivity index (χ4v) is 3.91. The molecule has 30 heavy (non-hydrogen) atoms. The highest BCUT2D eigenvalue weighted by molar-refractivity contribution is 8.26. The molecule has 0 radical (unpaired) electrons. The fourth-order valence-electron chi connectivity index (χ4n) is 2.92. The molecular formula is C22H19FN4O2S. The summed E-state index contributed by atoms with van der Waals surface area (Å²) in [7, 11) is 0. The van der Waals surface area contributed by atoms with Crippen LogP contribution in [-0.4, -0.2) is 27.0 Å². The lowest BCUT2D eigenvalue weighted by atomic mass is 10.1. The fraction of sp³-hybridized carbons (Fsp3) is 0.182.